The fourth-order valence-electron chi connectivity index (χ4n) is 6.03. The molecule has 0 saturated carbocycles. The van der Waals surface area contributed by atoms with E-state index in [0.29, 0.717) is 0 Å². The Kier molecular flexibility index (Phi) is 4.56. The Balaban J connectivity index is 1.43. The molecule has 0 aromatic heterocycles. The topological polar surface area (TPSA) is 12.0 Å². The van der Waals surface area contributed by atoms with E-state index in [2.05, 4.69) is 140 Å². The summed E-state index contributed by atoms with van der Waals surface area (Å²) in [6, 6.07) is 44.1. The van der Waals surface area contributed by atoms with E-state index in [1.807, 2.05) is 0 Å². The molecule has 1 aliphatic carbocycles. The zero-order valence-corrected chi connectivity index (χ0v) is 20.5. The number of nitrogens with one attached hydrogen (secondary N) is 1. The molecule has 0 spiro atoms. The van der Waals surface area contributed by atoms with Crippen LogP contribution >= 0.6 is 0 Å². The monoisotopic (exact) mass is 461 g/mol. The molecule has 36 heavy (non-hydrogen) atoms. The highest BCUT2D eigenvalue weighted by Crippen LogP contribution is 2.49. The van der Waals surface area contributed by atoms with Crippen molar-refractivity contribution in [3.8, 4) is 22.3 Å². The van der Waals surface area contributed by atoms with Gasteiger partial charge in [0, 0.05) is 22.1 Å². The average Bonchev–Trinajstić information content (AvgIpc) is 3.15. The summed E-state index contributed by atoms with van der Waals surface area (Å²) in [4.78, 5) is 0. The first-order chi connectivity index (χ1) is 17.6. The second-order valence-electron chi connectivity index (χ2n) is 10.3. The molecule has 0 fully saturated rings. The Morgan fingerprint density at radius 3 is 1.97 bits per heavy atom. The summed E-state index contributed by atoms with van der Waals surface area (Å²) in [6.45, 7) is 4.65. The van der Waals surface area contributed by atoms with Crippen LogP contribution in [0, 0.1) is 0 Å². The van der Waals surface area contributed by atoms with Gasteiger partial charge >= 0.3 is 0 Å². The van der Waals surface area contributed by atoms with Crippen LogP contribution in [0.1, 0.15) is 25.0 Å². The van der Waals surface area contributed by atoms with Gasteiger partial charge in [0.2, 0.25) is 0 Å². The zero-order chi connectivity index (χ0) is 24.3. The normalized spacial score (nSPS) is 13.5. The maximum Gasteiger partial charge on any atom is 0.0543 e. The second-order valence-corrected chi connectivity index (χ2v) is 10.3. The smallest absolute Gasteiger partial charge is 0.0543 e. The van der Waals surface area contributed by atoms with Crippen molar-refractivity contribution >= 4 is 32.9 Å². The van der Waals surface area contributed by atoms with Crippen molar-refractivity contribution < 1.29 is 0 Å². The minimum Gasteiger partial charge on any atom is -0.354 e. The maximum absolute atomic E-state index is 3.87. The number of benzene rings is 6. The van der Waals surface area contributed by atoms with Gasteiger partial charge in [-0.2, -0.15) is 0 Å². The molecule has 0 amide bonds. The number of anilines is 2. The lowest BCUT2D eigenvalue weighted by Crippen LogP contribution is -2.14. The predicted octanol–water partition coefficient (Wildman–Crippen LogP) is 9.71. The molecule has 0 saturated heterocycles. The zero-order valence-electron chi connectivity index (χ0n) is 20.5. The van der Waals surface area contributed by atoms with Crippen LogP contribution in [0.5, 0.6) is 0 Å². The van der Waals surface area contributed by atoms with E-state index in [1.54, 1.807) is 0 Å². The number of hydrogen-bond donors (Lipinski definition) is 1. The highest BCUT2D eigenvalue weighted by molar-refractivity contribution is 6.08. The van der Waals surface area contributed by atoms with Gasteiger partial charge in [-0.3, -0.25) is 0 Å². The van der Waals surface area contributed by atoms with Crippen LogP contribution in [-0.4, -0.2) is 0 Å². The van der Waals surface area contributed by atoms with E-state index in [9.17, 15) is 0 Å². The molecule has 0 atom stereocenters. The molecule has 1 nitrogen and oxygen atoms in total. The fourth-order valence-corrected chi connectivity index (χ4v) is 6.03. The van der Waals surface area contributed by atoms with E-state index in [1.165, 1.54) is 54.9 Å². The standard InChI is InChI=1S/C35H27N/c1-35(2)32-17-8-7-15-29(32)31-22-25(19-21-33(31)35)36-34-27-14-6-4-11-24(27)18-20-30(34)28-16-9-12-23-10-3-5-13-26(23)28/h3-22,36H,1-2H3. The quantitative estimate of drug-likeness (QED) is 0.276. The van der Waals surface area contributed by atoms with E-state index in [-0.39, 0.29) is 5.41 Å². The SMILES string of the molecule is CC1(C)c2ccccc2-c2cc(Nc3c(-c4cccc5ccccc45)ccc4ccccc34)ccc21. The Morgan fingerprint density at radius 2 is 1.11 bits per heavy atom. The van der Waals surface area contributed by atoms with Crippen LogP contribution in [-0.2, 0) is 5.41 Å². The second kappa shape index (κ2) is 7.83. The van der Waals surface area contributed by atoms with Crippen LogP contribution in [0.4, 0.5) is 11.4 Å². The highest BCUT2D eigenvalue weighted by Gasteiger charge is 2.35. The third-order valence-electron chi connectivity index (χ3n) is 7.86. The minimum absolute atomic E-state index is 0.0119. The Labute approximate surface area is 212 Å². The van der Waals surface area contributed by atoms with E-state index in [4.69, 9.17) is 0 Å². The van der Waals surface area contributed by atoms with Gasteiger partial charge in [-0.25, -0.2) is 0 Å². The molecule has 6 aromatic rings. The highest BCUT2D eigenvalue weighted by atomic mass is 14.9. The first-order valence-corrected chi connectivity index (χ1v) is 12.6. The summed E-state index contributed by atoms with van der Waals surface area (Å²) < 4.78 is 0. The molecular formula is C35H27N. The lowest BCUT2D eigenvalue weighted by Gasteiger charge is -2.22. The molecule has 7 rings (SSSR count). The molecule has 1 aliphatic rings. The van der Waals surface area contributed by atoms with Gasteiger partial charge < -0.3 is 5.32 Å². The van der Waals surface area contributed by atoms with Gasteiger partial charge in [-0.05, 0) is 56.1 Å². The van der Waals surface area contributed by atoms with Crippen molar-refractivity contribution in [1.29, 1.82) is 0 Å². The predicted molar refractivity (Wildman–Crippen MR) is 154 cm³/mol. The molecule has 0 aliphatic heterocycles. The van der Waals surface area contributed by atoms with E-state index in [0.717, 1.165) is 11.4 Å². The molecule has 0 bridgehead atoms. The van der Waals surface area contributed by atoms with Gasteiger partial charge in [-0.1, -0.05) is 123 Å². The summed E-state index contributed by atoms with van der Waals surface area (Å²) in [6.07, 6.45) is 0. The number of hydrogen-bond acceptors (Lipinski definition) is 1. The molecular weight excluding hydrogens is 434 g/mol. The molecule has 6 aromatic carbocycles. The van der Waals surface area contributed by atoms with E-state index >= 15 is 0 Å². The number of fused-ring (bicyclic) bond motifs is 5. The van der Waals surface area contributed by atoms with Gasteiger partial charge in [-0.15, -0.1) is 0 Å². The molecule has 0 unspecified atom stereocenters. The average molecular weight is 462 g/mol. The Bertz CT molecular complexity index is 1790. The van der Waals surface area contributed by atoms with Crippen LogP contribution in [0.2, 0.25) is 0 Å². The first-order valence-electron chi connectivity index (χ1n) is 12.6. The summed E-state index contributed by atoms with van der Waals surface area (Å²) in [5.41, 5.74) is 10.2. The van der Waals surface area contributed by atoms with Crippen molar-refractivity contribution in [2.45, 2.75) is 19.3 Å². The molecule has 1 N–H and O–H groups in total. The third kappa shape index (κ3) is 3.09. The van der Waals surface area contributed by atoms with Crippen molar-refractivity contribution in [3.63, 3.8) is 0 Å². The molecule has 1 heteroatoms. The van der Waals surface area contributed by atoms with Gasteiger partial charge in [0.05, 0.1) is 5.69 Å². The van der Waals surface area contributed by atoms with Crippen molar-refractivity contribution in [3.05, 3.63) is 132 Å². The lowest BCUT2D eigenvalue weighted by molar-refractivity contribution is 0.660. The molecule has 0 radical (unpaired) electrons. The van der Waals surface area contributed by atoms with Crippen LogP contribution in [0.25, 0.3) is 43.8 Å². The van der Waals surface area contributed by atoms with Crippen LogP contribution < -0.4 is 5.32 Å². The van der Waals surface area contributed by atoms with Gasteiger partial charge in [0.25, 0.3) is 0 Å². The summed E-state index contributed by atoms with van der Waals surface area (Å²) in [5.74, 6) is 0. The van der Waals surface area contributed by atoms with Crippen molar-refractivity contribution in [2.75, 3.05) is 5.32 Å². The summed E-state index contributed by atoms with van der Waals surface area (Å²) in [5, 5.41) is 8.85. The Hall–Kier alpha value is -4.36. The Morgan fingerprint density at radius 1 is 0.472 bits per heavy atom. The van der Waals surface area contributed by atoms with Crippen LogP contribution in [0.3, 0.4) is 0 Å². The summed E-state index contributed by atoms with van der Waals surface area (Å²) >= 11 is 0. The van der Waals surface area contributed by atoms with Gasteiger partial charge in [0.1, 0.15) is 0 Å². The first kappa shape index (κ1) is 21.0. The third-order valence-corrected chi connectivity index (χ3v) is 7.86. The van der Waals surface area contributed by atoms with Crippen LogP contribution in [0.15, 0.2) is 121 Å². The minimum atomic E-state index is 0.0119. The number of rotatable bonds is 3. The fraction of sp³-hybridized carbons (Fsp3) is 0.0857. The van der Waals surface area contributed by atoms with E-state index < -0.39 is 0 Å². The van der Waals surface area contributed by atoms with Gasteiger partial charge in [0.15, 0.2) is 0 Å². The molecule has 172 valence electrons. The van der Waals surface area contributed by atoms with Crippen molar-refractivity contribution in [2.24, 2.45) is 0 Å². The molecule has 0 heterocycles. The van der Waals surface area contributed by atoms with Crippen molar-refractivity contribution in [1.82, 2.24) is 0 Å². The maximum atomic E-state index is 3.87. The largest absolute Gasteiger partial charge is 0.354 e. The summed E-state index contributed by atoms with van der Waals surface area (Å²) in [7, 11) is 0. The lowest BCUT2D eigenvalue weighted by atomic mass is 9.82.